The van der Waals surface area contributed by atoms with Gasteiger partial charge < -0.3 is 28.1 Å². The van der Waals surface area contributed by atoms with Crippen LogP contribution in [0.3, 0.4) is 0 Å². The Bertz CT molecular complexity index is 1120. The minimum Gasteiger partial charge on any atom is -0.409 e. The predicted molar refractivity (Wildman–Crippen MR) is 170 cm³/mol. The van der Waals surface area contributed by atoms with Crippen LogP contribution in [0.4, 0.5) is 0 Å². The van der Waals surface area contributed by atoms with E-state index in [1.54, 1.807) is 24.0 Å². The Labute approximate surface area is 265 Å². The fourth-order valence-electron chi connectivity index (χ4n) is 7.72. The quantitative estimate of drug-likeness (QED) is 0.398. The zero-order valence-electron chi connectivity index (χ0n) is 28.8. The number of amides is 2. The second-order valence-corrected chi connectivity index (χ2v) is 26.3. The van der Waals surface area contributed by atoms with Crippen molar-refractivity contribution >= 4 is 40.0 Å². The Morgan fingerprint density at radius 1 is 0.614 bits per heavy atom. The normalized spacial score (nSPS) is 38.1. The first kappa shape index (κ1) is 33.9. The first-order valence-corrected chi connectivity index (χ1v) is 22.1. The summed E-state index contributed by atoms with van der Waals surface area (Å²) in [7, 11) is -1.52. The average Bonchev–Trinajstić information content (AvgIpc) is 3.50. The second-order valence-electron chi connectivity index (χ2n) is 16.8. The lowest BCUT2D eigenvalue weighted by Crippen LogP contribution is -2.70. The molecule has 0 aromatic rings. The van der Waals surface area contributed by atoms with E-state index in [9.17, 15) is 19.2 Å². The summed E-state index contributed by atoms with van der Waals surface area (Å²) in [6.45, 7) is 21.6. The molecule has 3 aliphatic heterocycles. The molecule has 3 heterocycles. The summed E-state index contributed by atoms with van der Waals surface area (Å²) < 4.78 is 25.6. The van der Waals surface area contributed by atoms with Crippen LogP contribution in [0, 0.1) is 11.8 Å². The van der Waals surface area contributed by atoms with Gasteiger partial charge in [-0.15, -0.1) is 0 Å². The van der Waals surface area contributed by atoms with Gasteiger partial charge in [0.1, 0.15) is 23.7 Å². The molecule has 5 fully saturated rings. The molecule has 248 valence electrons. The first-order chi connectivity index (χ1) is 20.2. The Kier molecular flexibility index (Phi) is 8.53. The molecule has 0 N–H and O–H groups in total. The standard InChI is InChI=1S/C32H54N2O8Si2/c1-31(2,3)43(9,10)41-27-23(39-7)15-21(35)17-13-19-30(38)34-20(29(37)33(19)25(17)27)14-18-22(36)16-24(40-8)28(26(18)34)42-44(11,12)32(4,5)6/h17-20,23-28H,13-16H2,1-12H3/t17-,18-,19+,20+,23+,24+,25-,26-,27-,28-/m1/s1. The van der Waals surface area contributed by atoms with Crippen molar-refractivity contribution in [1.29, 1.82) is 0 Å². The smallest absolute Gasteiger partial charge is 0.246 e. The summed E-state index contributed by atoms with van der Waals surface area (Å²) in [5.41, 5.74) is 0. The van der Waals surface area contributed by atoms with Gasteiger partial charge in [0.05, 0.1) is 36.5 Å². The molecule has 3 saturated heterocycles. The van der Waals surface area contributed by atoms with E-state index in [0.717, 1.165) is 0 Å². The van der Waals surface area contributed by atoms with Crippen molar-refractivity contribution in [1.82, 2.24) is 9.80 Å². The molecule has 5 aliphatic rings. The topological polar surface area (TPSA) is 112 Å². The van der Waals surface area contributed by atoms with Gasteiger partial charge in [-0.1, -0.05) is 41.5 Å². The van der Waals surface area contributed by atoms with Crippen molar-refractivity contribution in [3.8, 4) is 0 Å². The number of ether oxygens (including phenoxy) is 2. The molecule has 12 heteroatoms. The third-order valence-corrected chi connectivity index (χ3v) is 21.2. The van der Waals surface area contributed by atoms with Crippen molar-refractivity contribution in [2.75, 3.05) is 14.2 Å². The maximum Gasteiger partial charge on any atom is 0.246 e. The third-order valence-electron chi connectivity index (χ3n) is 12.3. The highest BCUT2D eigenvalue weighted by Gasteiger charge is 2.67. The molecular formula is C32H54N2O8Si2. The number of carbonyl (C=O) groups is 4. The Morgan fingerprint density at radius 3 is 1.20 bits per heavy atom. The van der Waals surface area contributed by atoms with Gasteiger partial charge in [0, 0.05) is 38.9 Å². The number of ketones is 2. The number of piperazine rings is 1. The molecule has 2 saturated carbocycles. The molecule has 10 nitrogen and oxygen atoms in total. The molecule has 0 radical (unpaired) electrons. The molecule has 5 rings (SSSR count). The zero-order chi connectivity index (χ0) is 32.9. The van der Waals surface area contributed by atoms with E-state index in [4.69, 9.17) is 18.3 Å². The second kappa shape index (κ2) is 11.1. The van der Waals surface area contributed by atoms with E-state index in [2.05, 4.69) is 67.7 Å². The van der Waals surface area contributed by atoms with Crippen LogP contribution in [-0.2, 0) is 37.5 Å². The minimum absolute atomic E-state index is 0.0106. The average molecular weight is 651 g/mol. The summed E-state index contributed by atoms with van der Waals surface area (Å²) in [6, 6.07) is -2.74. The number of nitrogens with zero attached hydrogens (tertiary/aromatic N) is 2. The van der Waals surface area contributed by atoms with Gasteiger partial charge in [-0.3, -0.25) is 19.2 Å². The minimum atomic E-state index is -2.34. The largest absolute Gasteiger partial charge is 0.409 e. The highest BCUT2D eigenvalue weighted by Crippen LogP contribution is 2.51. The van der Waals surface area contributed by atoms with Crippen LogP contribution in [-0.4, -0.2) is 113 Å². The van der Waals surface area contributed by atoms with Crippen LogP contribution < -0.4 is 0 Å². The number of methoxy groups -OCH3 is 2. The lowest BCUT2D eigenvalue weighted by molar-refractivity contribution is -0.171. The molecule has 10 atom stereocenters. The summed E-state index contributed by atoms with van der Waals surface area (Å²) in [5.74, 6) is -1.36. The van der Waals surface area contributed by atoms with Crippen LogP contribution >= 0.6 is 0 Å². The summed E-state index contributed by atoms with van der Waals surface area (Å²) in [4.78, 5) is 59.7. The molecule has 0 aromatic carbocycles. The van der Waals surface area contributed by atoms with Crippen LogP contribution in [0.5, 0.6) is 0 Å². The number of carbonyl (C=O) groups excluding carboxylic acids is 4. The first-order valence-electron chi connectivity index (χ1n) is 16.3. The maximum absolute atomic E-state index is 14.6. The molecular weight excluding hydrogens is 597 g/mol. The Balaban J connectivity index is 1.53. The van der Waals surface area contributed by atoms with Gasteiger partial charge in [0.25, 0.3) is 0 Å². The number of hydrogen-bond acceptors (Lipinski definition) is 8. The highest BCUT2D eigenvalue weighted by atomic mass is 28.4. The fourth-order valence-corrected chi connectivity index (χ4v) is 10.4. The number of rotatable bonds is 6. The van der Waals surface area contributed by atoms with E-state index in [1.165, 1.54) is 0 Å². The van der Waals surface area contributed by atoms with Crippen molar-refractivity contribution < 1.29 is 37.5 Å². The lowest BCUT2D eigenvalue weighted by Gasteiger charge is -2.51. The van der Waals surface area contributed by atoms with Crippen molar-refractivity contribution in [2.45, 2.75) is 152 Å². The Morgan fingerprint density at radius 2 is 0.932 bits per heavy atom. The number of hydrogen-bond donors (Lipinski definition) is 0. The van der Waals surface area contributed by atoms with Crippen LogP contribution in [0.1, 0.15) is 67.2 Å². The van der Waals surface area contributed by atoms with Gasteiger partial charge in [0.15, 0.2) is 16.6 Å². The molecule has 2 amide bonds. The van der Waals surface area contributed by atoms with Crippen molar-refractivity contribution in [2.24, 2.45) is 11.8 Å². The van der Waals surface area contributed by atoms with E-state index in [-0.39, 0.29) is 59.1 Å². The van der Waals surface area contributed by atoms with Gasteiger partial charge in [-0.2, -0.15) is 0 Å². The molecule has 0 bridgehead atoms. The van der Waals surface area contributed by atoms with E-state index >= 15 is 0 Å². The van der Waals surface area contributed by atoms with E-state index < -0.39 is 77.1 Å². The Hall–Kier alpha value is -1.45. The molecule has 2 aliphatic carbocycles. The predicted octanol–water partition coefficient (Wildman–Crippen LogP) is 3.93. The van der Waals surface area contributed by atoms with Crippen LogP contribution in [0.15, 0.2) is 0 Å². The maximum atomic E-state index is 14.6. The molecule has 0 aromatic heterocycles. The fraction of sp³-hybridized carbons (Fsp3) is 0.875. The van der Waals surface area contributed by atoms with Crippen molar-refractivity contribution in [3.63, 3.8) is 0 Å². The third kappa shape index (κ3) is 5.19. The monoisotopic (exact) mass is 650 g/mol. The van der Waals surface area contributed by atoms with Crippen LogP contribution in [0.2, 0.25) is 36.3 Å². The lowest BCUT2D eigenvalue weighted by atomic mass is 9.79. The van der Waals surface area contributed by atoms with Gasteiger partial charge in [0.2, 0.25) is 11.8 Å². The molecule has 0 unspecified atom stereocenters. The highest BCUT2D eigenvalue weighted by molar-refractivity contribution is 6.74. The zero-order valence-corrected chi connectivity index (χ0v) is 30.8. The van der Waals surface area contributed by atoms with Crippen molar-refractivity contribution in [3.05, 3.63) is 0 Å². The molecule has 44 heavy (non-hydrogen) atoms. The summed E-state index contributed by atoms with van der Waals surface area (Å²) in [6.07, 6.45) is -1.13. The van der Waals surface area contributed by atoms with E-state index in [1.807, 2.05) is 0 Å². The number of fused-ring (bicyclic) bond motifs is 6. The van der Waals surface area contributed by atoms with Gasteiger partial charge >= 0.3 is 0 Å². The van der Waals surface area contributed by atoms with Gasteiger partial charge in [-0.25, -0.2) is 0 Å². The van der Waals surface area contributed by atoms with Crippen LogP contribution in [0.25, 0.3) is 0 Å². The SMILES string of the molecule is CO[C@H]1CC(=O)[C@H]2C[C@H]3C(=O)N4[C@H]5[C@H](O[Si](C)(C)C(C)(C)C)[C@@H](OC)CC(=O)[C@H]5C[C@H]4C(=O)N3[C@H]2[C@@H]1O[Si](C)(C)C(C)(C)C. The summed E-state index contributed by atoms with van der Waals surface area (Å²) in [5, 5.41) is -0.200. The molecule has 0 spiro atoms. The van der Waals surface area contributed by atoms with Gasteiger partial charge in [-0.05, 0) is 49.1 Å². The van der Waals surface area contributed by atoms with E-state index in [0.29, 0.717) is 0 Å². The number of Topliss-reactive ketones (excluding diaryl/α,β-unsaturated/α-hetero) is 2. The summed E-state index contributed by atoms with van der Waals surface area (Å²) >= 11 is 0.